The van der Waals surface area contributed by atoms with Gasteiger partial charge in [-0.25, -0.2) is 0 Å². The van der Waals surface area contributed by atoms with Crippen LogP contribution in [0.2, 0.25) is 0 Å². The molecule has 0 atom stereocenters. The molecule has 1 heteroatoms. The third-order valence-electron chi connectivity index (χ3n) is 2.05. The molecular weight excluding hydrogens is 152 g/mol. The fourth-order valence-corrected chi connectivity index (χ4v) is 2.83. The van der Waals surface area contributed by atoms with Crippen LogP contribution in [-0.4, -0.2) is 11.0 Å². The van der Waals surface area contributed by atoms with Crippen LogP contribution in [0, 0.1) is 5.41 Å². The summed E-state index contributed by atoms with van der Waals surface area (Å²) in [5.74, 6) is 1.33. The van der Waals surface area contributed by atoms with Crippen LogP contribution >= 0.6 is 11.8 Å². The van der Waals surface area contributed by atoms with Gasteiger partial charge in [-0.1, -0.05) is 33.6 Å². The van der Waals surface area contributed by atoms with Gasteiger partial charge in [-0.15, -0.1) is 0 Å². The van der Waals surface area contributed by atoms with Gasteiger partial charge in [0, 0.05) is 5.25 Å². The summed E-state index contributed by atoms with van der Waals surface area (Å²) in [6.07, 6.45) is 5.89. The van der Waals surface area contributed by atoms with E-state index >= 15 is 0 Å². The lowest BCUT2D eigenvalue weighted by Crippen LogP contribution is -2.11. The Morgan fingerprint density at radius 1 is 1.18 bits per heavy atom. The molecule has 0 aromatic rings. The predicted molar refractivity (Wildman–Crippen MR) is 54.2 cm³/mol. The second-order valence-corrected chi connectivity index (χ2v) is 6.07. The highest BCUT2D eigenvalue weighted by molar-refractivity contribution is 7.99. The van der Waals surface area contributed by atoms with Gasteiger partial charge < -0.3 is 0 Å². The maximum atomic E-state index is 2.33. The van der Waals surface area contributed by atoms with Gasteiger partial charge in [-0.3, -0.25) is 0 Å². The minimum Gasteiger partial charge on any atom is -0.158 e. The van der Waals surface area contributed by atoms with E-state index in [2.05, 4.69) is 32.5 Å². The zero-order chi connectivity index (χ0) is 8.32. The van der Waals surface area contributed by atoms with E-state index in [-0.39, 0.29) is 0 Å². The Bertz CT molecular complexity index is 107. The van der Waals surface area contributed by atoms with Gasteiger partial charge in [0.05, 0.1) is 0 Å². The smallest absolute Gasteiger partial charge is 0.00472 e. The number of hydrogen-bond donors (Lipinski definition) is 0. The largest absolute Gasteiger partial charge is 0.158 e. The van der Waals surface area contributed by atoms with Gasteiger partial charge >= 0.3 is 0 Å². The van der Waals surface area contributed by atoms with E-state index in [0.717, 1.165) is 5.25 Å². The lowest BCUT2D eigenvalue weighted by atomic mass is 10.0. The van der Waals surface area contributed by atoms with Gasteiger partial charge in [0.1, 0.15) is 0 Å². The van der Waals surface area contributed by atoms with Gasteiger partial charge in [0.2, 0.25) is 0 Å². The van der Waals surface area contributed by atoms with Crippen molar-refractivity contribution < 1.29 is 0 Å². The molecule has 0 nitrogen and oxygen atoms in total. The summed E-state index contributed by atoms with van der Waals surface area (Å²) in [6.45, 7) is 6.98. The molecule has 0 aliphatic heterocycles. The molecule has 0 saturated heterocycles. The molecule has 11 heavy (non-hydrogen) atoms. The standard InChI is InChI=1S/C10H20S/c1-10(2,3)8-11-9-6-4-5-7-9/h9H,4-8H2,1-3H3. The average Bonchev–Trinajstić information content (AvgIpc) is 2.32. The third-order valence-corrected chi connectivity index (χ3v) is 4.03. The molecule has 66 valence electrons. The van der Waals surface area contributed by atoms with E-state index < -0.39 is 0 Å². The van der Waals surface area contributed by atoms with Gasteiger partial charge in [-0.05, 0) is 24.0 Å². The highest BCUT2D eigenvalue weighted by Crippen LogP contribution is 2.33. The minimum absolute atomic E-state index is 0.521. The van der Waals surface area contributed by atoms with Gasteiger partial charge in [0.25, 0.3) is 0 Å². The molecule has 0 spiro atoms. The molecule has 0 radical (unpaired) electrons. The Morgan fingerprint density at radius 2 is 1.73 bits per heavy atom. The van der Waals surface area contributed by atoms with Crippen molar-refractivity contribution >= 4 is 11.8 Å². The van der Waals surface area contributed by atoms with Crippen LogP contribution in [-0.2, 0) is 0 Å². The molecule has 0 amide bonds. The Labute approximate surface area is 75.1 Å². The van der Waals surface area contributed by atoms with Crippen molar-refractivity contribution in [1.82, 2.24) is 0 Å². The van der Waals surface area contributed by atoms with Crippen LogP contribution in [0.5, 0.6) is 0 Å². The SMILES string of the molecule is CC(C)(C)CSC1CCCC1. The molecule has 1 aliphatic rings. The van der Waals surface area contributed by atoms with Crippen LogP contribution in [0.3, 0.4) is 0 Å². The van der Waals surface area contributed by atoms with E-state index in [9.17, 15) is 0 Å². The van der Waals surface area contributed by atoms with Crippen LogP contribution in [0.1, 0.15) is 46.5 Å². The summed E-state index contributed by atoms with van der Waals surface area (Å²) >= 11 is 2.19. The summed E-state index contributed by atoms with van der Waals surface area (Å²) in [6, 6.07) is 0. The first-order valence-electron chi connectivity index (χ1n) is 4.69. The maximum absolute atomic E-state index is 2.33. The Morgan fingerprint density at radius 3 is 2.18 bits per heavy atom. The van der Waals surface area contributed by atoms with E-state index in [1.807, 2.05) is 0 Å². The van der Waals surface area contributed by atoms with Crippen molar-refractivity contribution in [3.63, 3.8) is 0 Å². The van der Waals surface area contributed by atoms with E-state index in [1.54, 1.807) is 0 Å². The quantitative estimate of drug-likeness (QED) is 0.612. The number of hydrogen-bond acceptors (Lipinski definition) is 1. The van der Waals surface area contributed by atoms with Gasteiger partial charge in [0.15, 0.2) is 0 Å². The molecule has 1 rings (SSSR count). The summed E-state index contributed by atoms with van der Waals surface area (Å²) in [7, 11) is 0. The second kappa shape index (κ2) is 3.84. The molecule has 1 saturated carbocycles. The van der Waals surface area contributed by atoms with Crippen LogP contribution in [0.4, 0.5) is 0 Å². The predicted octanol–water partition coefficient (Wildman–Crippen LogP) is 3.71. The molecule has 1 aliphatic carbocycles. The van der Waals surface area contributed by atoms with Crippen molar-refractivity contribution in [2.24, 2.45) is 5.41 Å². The monoisotopic (exact) mass is 172 g/mol. The van der Waals surface area contributed by atoms with Crippen molar-refractivity contribution in [3.8, 4) is 0 Å². The van der Waals surface area contributed by atoms with Crippen LogP contribution < -0.4 is 0 Å². The Hall–Kier alpha value is 0.350. The molecular formula is C10H20S. The van der Waals surface area contributed by atoms with Crippen LogP contribution in [0.15, 0.2) is 0 Å². The Balaban J connectivity index is 2.11. The summed E-state index contributed by atoms with van der Waals surface area (Å²) in [5.41, 5.74) is 0.521. The van der Waals surface area contributed by atoms with Crippen molar-refractivity contribution in [3.05, 3.63) is 0 Å². The molecule has 0 bridgehead atoms. The molecule has 1 fully saturated rings. The zero-order valence-electron chi connectivity index (χ0n) is 8.02. The lowest BCUT2D eigenvalue weighted by Gasteiger charge is -2.19. The highest BCUT2D eigenvalue weighted by atomic mass is 32.2. The topological polar surface area (TPSA) is 0 Å². The van der Waals surface area contributed by atoms with E-state index in [4.69, 9.17) is 0 Å². The molecule has 0 heterocycles. The van der Waals surface area contributed by atoms with Crippen molar-refractivity contribution in [2.45, 2.75) is 51.7 Å². The fourth-order valence-electron chi connectivity index (χ4n) is 1.42. The second-order valence-electron chi connectivity index (χ2n) is 4.78. The van der Waals surface area contributed by atoms with Crippen molar-refractivity contribution in [1.29, 1.82) is 0 Å². The zero-order valence-corrected chi connectivity index (χ0v) is 8.84. The average molecular weight is 172 g/mol. The molecule has 0 unspecified atom stereocenters. The number of rotatable bonds is 2. The third kappa shape index (κ3) is 4.05. The first kappa shape index (κ1) is 9.44. The highest BCUT2D eigenvalue weighted by Gasteiger charge is 2.18. The van der Waals surface area contributed by atoms with Gasteiger partial charge in [-0.2, -0.15) is 11.8 Å². The normalized spacial score (nSPS) is 21.0. The van der Waals surface area contributed by atoms with E-state index in [1.165, 1.54) is 31.4 Å². The molecule has 0 aromatic heterocycles. The molecule has 0 N–H and O–H groups in total. The fraction of sp³-hybridized carbons (Fsp3) is 1.00. The number of thioether (sulfide) groups is 1. The maximum Gasteiger partial charge on any atom is 0.00472 e. The first-order valence-corrected chi connectivity index (χ1v) is 5.74. The summed E-state index contributed by atoms with van der Waals surface area (Å²) < 4.78 is 0. The summed E-state index contributed by atoms with van der Waals surface area (Å²) in [5, 5.41) is 0.995. The van der Waals surface area contributed by atoms with E-state index in [0.29, 0.717) is 5.41 Å². The first-order chi connectivity index (χ1) is 5.08. The lowest BCUT2D eigenvalue weighted by molar-refractivity contribution is 0.480. The Kier molecular flexibility index (Phi) is 3.29. The van der Waals surface area contributed by atoms with Crippen molar-refractivity contribution in [2.75, 3.05) is 5.75 Å². The summed E-state index contributed by atoms with van der Waals surface area (Å²) in [4.78, 5) is 0. The molecule has 0 aromatic carbocycles. The van der Waals surface area contributed by atoms with Crippen LogP contribution in [0.25, 0.3) is 0 Å². The minimum atomic E-state index is 0.521.